The fraction of sp³-hybridized carbons (Fsp3) is 0.214. The topological polar surface area (TPSA) is 63.0 Å². The van der Waals surface area contributed by atoms with Gasteiger partial charge in [-0.1, -0.05) is 24.3 Å². The number of hydrazine groups is 1. The highest BCUT2D eigenvalue weighted by Crippen LogP contribution is 2.34. The lowest BCUT2D eigenvalue weighted by atomic mass is 9.77. The van der Waals surface area contributed by atoms with Crippen LogP contribution in [0.2, 0.25) is 0 Å². The predicted molar refractivity (Wildman–Crippen MR) is 73.4 cm³/mol. The van der Waals surface area contributed by atoms with Crippen molar-refractivity contribution in [3.63, 3.8) is 0 Å². The normalized spacial score (nSPS) is 16.6. The van der Waals surface area contributed by atoms with Crippen molar-refractivity contribution in [2.75, 3.05) is 17.3 Å². The van der Waals surface area contributed by atoms with Crippen LogP contribution in [0.15, 0.2) is 42.6 Å². The lowest BCUT2D eigenvalue weighted by molar-refractivity contribution is 0.636. The van der Waals surface area contributed by atoms with Gasteiger partial charge in [0.05, 0.1) is 0 Å². The fourth-order valence-electron chi connectivity index (χ4n) is 2.41. The third-order valence-electron chi connectivity index (χ3n) is 3.42. The first-order valence-electron chi connectivity index (χ1n) is 6.11. The molecule has 1 aliphatic carbocycles. The molecule has 1 atom stereocenters. The molecule has 4 nitrogen and oxygen atoms in total. The molecule has 0 bridgehead atoms. The number of fused-ring (bicyclic) bond motifs is 1. The standard InChI is InChI=1S/C14H16N4/c15-18-14-8-12(5-6-16-14)17-9-11-7-10-3-1-2-4-13(10)11/h1-6,8,11H,7,9,15H2,(H2,16,17,18). The molecule has 2 aromatic rings. The molecular formula is C14H16N4. The summed E-state index contributed by atoms with van der Waals surface area (Å²) >= 11 is 0. The van der Waals surface area contributed by atoms with Crippen LogP contribution in [0.4, 0.5) is 11.5 Å². The minimum absolute atomic E-state index is 0.614. The molecule has 0 radical (unpaired) electrons. The summed E-state index contributed by atoms with van der Waals surface area (Å²) in [6.45, 7) is 0.949. The molecule has 18 heavy (non-hydrogen) atoms. The molecule has 0 saturated heterocycles. The summed E-state index contributed by atoms with van der Waals surface area (Å²) in [5.74, 6) is 6.62. The van der Waals surface area contributed by atoms with Crippen molar-refractivity contribution in [2.45, 2.75) is 12.3 Å². The van der Waals surface area contributed by atoms with E-state index in [1.165, 1.54) is 11.1 Å². The Labute approximate surface area is 106 Å². The van der Waals surface area contributed by atoms with Crippen LogP contribution in [0.3, 0.4) is 0 Å². The number of hydrogen-bond donors (Lipinski definition) is 3. The van der Waals surface area contributed by atoms with Crippen LogP contribution in [0, 0.1) is 0 Å². The third kappa shape index (κ3) is 2.02. The van der Waals surface area contributed by atoms with Crippen molar-refractivity contribution in [2.24, 2.45) is 5.84 Å². The molecule has 1 heterocycles. The van der Waals surface area contributed by atoms with Crippen molar-refractivity contribution in [1.29, 1.82) is 0 Å². The van der Waals surface area contributed by atoms with Crippen LogP contribution in [0.1, 0.15) is 17.0 Å². The maximum atomic E-state index is 5.33. The van der Waals surface area contributed by atoms with E-state index in [0.29, 0.717) is 11.7 Å². The Bertz CT molecular complexity index is 553. The van der Waals surface area contributed by atoms with Gasteiger partial charge in [0.25, 0.3) is 0 Å². The van der Waals surface area contributed by atoms with Crippen molar-refractivity contribution in [3.05, 3.63) is 53.7 Å². The summed E-state index contributed by atoms with van der Waals surface area (Å²) in [6, 6.07) is 12.5. The molecule has 0 fully saturated rings. The first kappa shape index (κ1) is 11.0. The quantitative estimate of drug-likeness (QED) is 0.566. The third-order valence-corrected chi connectivity index (χ3v) is 3.42. The number of nitrogens with zero attached hydrogens (tertiary/aromatic N) is 1. The summed E-state index contributed by atoms with van der Waals surface area (Å²) in [5, 5.41) is 3.43. The Kier molecular flexibility index (Phi) is 2.86. The molecule has 92 valence electrons. The number of hydrogen-bond acceptors (Lipinski definition) is 4. The largest absolute Gasteiger partial charge is 0.384 e. The van der Waals surface area contributed by atoms with Gasteiger partial charge < -0.3 is 10.7 Å². The Morgan fingerprint density at radius 1 is 1.28 bits per heavy atom. The molecule has 4 N–H and O–H groups in total. The first-order chi connectivity index (χ1) is 8.86. The zero-order chi connectivity index (χ0) is 12.4. The van der Waals surface area contributed by atoms with Crippen LogP contribution >= 0.6 is 0 Å². The highest BCUT2D eigenvalue weighted by molar-refractivity contribution is 5.52. The lowest BCUT2D eigenvalue weighted by Gasteiger charge is -2.30. The van der Waals surface area contributed by atoms with Gasteiger partial charge in [0, 0.05) is 30.4 Å². The van der Waals surface area contributed by atoms with Crippen molar-refractivity contribution < 1.29 is 0 Å². The second-order valence-corrected chi connectivity index (χ2v) is 4.55. The highest BCUT2D eigenvalue weighted by atomic mass is 15.2. The number of pyridine rings is 1. The van der Waals surface area contributed by atoms with Crippen molar-refractivity contribution >= 4 is 11.5 Å². The molecule has 0 aliphatic heterocycles. The summed E-state index contributed by atoms with van der Waals surface area (Å²) < 4.78 is 0. The number of nitrogen functional groups attached to an aromatic ring is 1. The van der Waals surface area contributed by atoms with E-state index in [2.05, 4.69) is 40.0 Å². The summed E-state index contributed by atoms with van der Waals surface area (Å²) in [7, 11) is 0. The van der Waals surface area contributed by atoms with Gasteiger partial charge in [-0.2, -0.15) is 0 Å². The number of anilines is 2. The van der Waals surface area contributed by atoms with Gasteiger partial charge in [0.1, 0.15) is 5.82 Å². The Morgan fingerprint density at radius 3 is 3.00 bits per heavy atom. The minimum Gasteiger partial charge on any atom is -0.384 e. The second-order valence-electron chi connectivity index (χ2n) is 4.55. The number of rotatable bonds is 4. The SMILES string of the molecule is NNc1cc(NCC2Cc3ccccc32)ccn1. The Hall–Kier alpha value is -2.07. The molecule has 0 saturated carbocycles. The number of nitrogens with one attached hydrogen (secondary N) is 2. The van der Waals surface area contributed by atoms with Crippen LogP contribution < -0.4 is 16.6 Å². The molecule has 1 unspecified atom stereocenters. The van der Waals surface area contributed by atoms with E-state index in [0.717, 1.165) is 18.7 Å². The van der Waals surface area contributed by atoms with E-state index < -0.39 is 0 Å². The number of nitrogens with two attached hydrogens (primary N) is 1. The van der Waals surface area contributed by atoms with E-state index in [9.17, 15) is 0 Å². The molecule has 1 aromatic heterocycles. The van der Waals surface area contributed by atoms with Gasteiger partial charge in [0.2, 0.25) is 0 Å². The smallest absolute Gasteiger partial charge is 0.141 e. The predicted octanol–water partition coefficient (Wildman–Crippen LogP) is 2.12. The van der Waals surface area contributed by atoms with Crippen LogP contribution in [-0.4, -0.2) is 11.5 Å². The van der Waals surface area contributed by atoms with Gasteiger partial charge in [-0.05, 0) is 23.6 Å². The first-order valence-corrected chi connectivity index (χ1v) is 6.11. The van der Waals surface area contributed by atoms with Gasteiger partial charge in [0.15, 0.2) is 0 Å². The number of aromatic nitrogens is 1. The average molecular weight is 240 g/mol. The molecule has 4 heteroatoms. The maximum Gasteiger partial charge on any atom is 0.141 e. The molecule has 3 rings (SSSR count). The molecule has 1 aliphatic rings. The summed E-state index contributed by atoms with van der Waals surface area (Å²) in [6.07, 6.45) is 2.91. The van der Waals surface area contributed by atoms with Gasteiger partial charge in [-0.15, -0.1) is 0 Å². The van der Waals surface area contributed by atoms with Crippen molar-refractivity contribution in [3.8, 4) is 0 Å². The summed E-state index contributed by atoms with van der Waals surface area (Å²) in [4.78, 5) is 4.08. The van der Waals surface area contributed by atoms with Gasteiger partial charge in [-0.25, -0.2) is 10.8 Å². The zero-order valence-corrected chi connectivity index (χ0v) is 10.1. The second kappa shape index (κ2) is 4.66. The maximum absolute atomic E-state index is 5.33. The van der Waals surface area contributed by atoms with E-state index in [4.69, 9.17) is 5.84 Å². The van der Waals surface area contributed by atoms with Gasteiger partial charge in [-0.3, -0.25) is 0 Å². The lowest BCUT2D eigenvalue weighted by Crippen LogP contribution is -2.24. The molecule has 1 aromatic carbocycles. The van der Waals surface area contributed by atoms with Crippen molar-refractivity contribution in [1.82, 2.24) is 4.98 Å². The number of benzene rings is 1. The fourth-order valence-corrected chi connectivity index (χ4v) is 2.41. The van der Waals surface area contributed by atoms with Crippen LogP contribution in [0.5, 0.6) is 0 Å². The van der Waals surface area contributed by atoms with E-state index in [1.807, 2.05) is 12.1 Å². The Balaban J connectivity index is 1.63. The summed E-state index contributed by atoms with van der Waals surface area (Å²) in [5.41, 5.74) is 6.54. The average Bonchev–Trinajstić information content (AvgIpc) is 2.40. The van der Waals surface area contributed by atoms with E-state index in [1.54, 1.807) is 6.20 Å². The van der Waals surface area contributed by atoms with E-state index in [-0.39, 0.29) is 0 Å². The molecule has 0 spiro atoms. The Morgan fingerprint density at radius 2 is 2.17 bits per heavy atom. The highest BCUT2D eigenvalue weighted by Gasteiger charge is 2.24. The van der Waals surface area contributed by atoms with Crippen LogP contribution in [-0.2, 0) is 6.42 Å². The molecular weight excluding hydrogens is 224 g/mol. The zero-order valence-electron chi connectivity index (χ0n) is 10.1. The monoisotopic (exact) mass is 240 g/mol. The van der Waals surface area contributed by atoms with Crippen LogP contribution in [0.25, 0.3) is 0 Å². The van der Waals surface area contributed by atoms with Gasteiger partial charge >= 0.3 is 0 Å². The molecule has 0 amide bonds. The minimum atomic E-state index is 0.614. The van der Waals surface area contributed by atoms with E-state index >= 15 is 0 Å².